The Morgan fingerprint density at radius 2 is 2.04 bits per heavy atom. The largest absolute Gasteiger partial charge is 0.485 e. The predicted octanol–water partition coefficient (Wildman–Crippen LogP) is 3.71. The summed E-state index contributed by atoms with van der Waals surface area (Å²) in [4.78, 5) is 20.9. The third kappa shape index (κ3) is 4.89. The van der Waals surface area contributed by atoms with Crippen molar-refractivity contribution in [3.63, 3.8) is 0 Å². The smallest absolute Gasteiger partial charge is 0.251 e. The Kier molecular flexibility index (Phi) is 5.96. The quantitative estimate of drug-likeness (QED) is 0.691. The number of aromatic nitrogens is 2. The summed E-state index contributed by atoms with van der Waals surface area (Å²) in [6.07, 6.45) is 2.41. The third-order valence-corrected chi connectivity index (χ3v) is 4.77. The second-order valence-electron chi connectivity index (χ2n) is 5.98. The average molecular weight is 367 g/mol. The van der Waals surface area contributed by atoms with Crippen molar-refractivity contribution in [3.8, 4) is 5.75 Å². The monoisotopic (exact) mass is 367 g/mol. The molecule has 0 aliphatic carbocycles. The van der Waals surface area contributed by atoms with Gasteiger partial charge >= 0.3 is 0 Å². The molecule has 1 amide bonds. The van der Waals surface area contributed by atoms with Gasteiger partial charge in [-0.2, -0.15) is 0 Å². The van der Waals surface area contributed by atoms with Crippen LogP contribution in [0.5, 0.6) is 5.75 Å². The summed E-state index contributed by atoms with van der Waals surface area (Å²) in [7, 11) is 0. The van der Waals surface area contributed by atoms with E-state index < -0.39 is 0 Å². The maximum absolute atomic E-state index is 12.2. The van der Waals surface area contributed by atoms with Gasteiger partial charge < -0.3 is 10.1 Å². The summed E-state index contributed by atoms with van der Waals surface area (Å²) >= 11 is 1.56. The molecule has 134 valence electrons. The number of aryl methyl sites for hydroxylation is 2. The summed E-state index contributed by atoms with van der Waals surface area (Å²) in [5.41, 5.74) is 3.61. The van der Waals surface area contributed by atoms with Crippen LogP contribution in [0.2, 0.25) is 0 Å². The summed E-state index contributed by atoms with van der Waals surface area (Å²) < 4.78 is 5.69. The molecule has 0 fully saturated rings. The van der Waals surface area contributed by atoms with Crippen molar-refractivity contribution in [2.24, 2.45) is 0 Å². The highest BCUT2D eigenvalue weighted by molar-refractivity contribution is 7.09. The van der Waals surface area contributed by atoms with Crippen LogP contribution in [0, 0.1) is 13.8 Å². The second kappa shape index (κ2) is 8.58. The van der Waals surface area contributed by atoms with E-state index in [-0.39, 0.29) is 5.91 Å². The number of pyridine rings is 1. The van der Waals surface area contributed by atoms with Gasteiger partial charge in [-0.05, 0) is 37.6 Å². The number of carbonyl (C=O) groups excluding carboxylic acids is 1. The number of nitrogens with one attached hydrogen (secondary N) is 1. The van der Waals surface area contributed by atoms with E-state index in [1.165, 1.54) is 0 Å². The van der Waals surface area contributed by atoms with E-state index in [4.69, 9.17) is 4.74 Å². The van der Waals surface area contributed by atoms with Gasteiger partial charge in [0.1, 0.15) is 17.4 Å². The van der Waals surface area contributed by atoms with Crippen molar-refractivity contribution >= 4 is 17.2 Å². The molecule has 26 heavy (non-hydrogen) atoms. The number of benzene rings is 1. The van der Waals surface area contributed by atoms with E-state index in [0.717, 1.165) is 27.7 Å². The zero-order valence-corrected chi connectivity index (χ0v) is 15.7. The van der Waals surface area contributed by atoms with Crippen LogP contribution in [0.25, 0.3) is 0 Å². The second-order valence-corrected chi connectivity index (χ2v) is 6.92. The number of thiazole rings is 1. The molecule has 0 bridgehead atoms. The summed E-state index contributed by atoms with van der Waals surface area (Å²) in [5.74, 6) is 0.687. The minimum absolute atomic E-state index is 0.0474. The van der Waals surface area contributed by atoms with Crippen molar-refractivity contribution in [3.05, 3.63) is 75.5 Å². The lowest BCUT2D eigenvalue weighted by atomic mass is 10.1. The van der Waals surface area contributed by atoms with Crippen molar-refractivity contribution in [1.29, 1.82) is 0 Å². The van der Waals surface area contributed by atoms with Gasteiger partial charge in [-0.3, -0.25) is 9.78 Å². The van der Waals surface area contributed by atoms with Crippen LogP contribution in [0.4, 0.5) is 0 Å². The first-order valence-corrected chi connectivity index (χ1v) is 9.32. The standard InChI is InChI=1S/C20H21N3O2S/c1-14-5-3-4-6-18(14)20(24)21-10-9-16-13-26-19(23-16)12-25-17-8-7-15(2)22-11-17/h3-8,11,13H,9-10,12H2,1-2H3,(H,21,24). The lowest BCUT2D eigenvalue weighted by molar-refractivity contribution is 0.0953. The third-order valence-electron chi connectivity index (χ3n) is 3.90. The number of hydrogen-bond acceptors (Lipinski definition) is 5. The normalized spacial score (nSPS) is 10.5. The fraction of sp³-hybridized carbons (Fsp3) is 0.250. The maximum atomic E-state index is 12.2. The molecule has 1 aromatic carbocycles. The molecular formula is C20H21N3O2S. The highest BCUT2D eigenvalue weighted by Crippen LogP contribution is 2.15. The first-order valence-electron chi connectivity index (χ1n) is 8.44. The molecule has 0 spiro atoms. The molecule has 0 unspecified atom stereocenters. The molecular weight excluding hydrogens is 346 g/mol. The molecule has 6 heteroatoms. The first-order chi connectivity index (χ1) is 12.6. The first kappa shape index (κ1) is 18.1. The van der Waals surface area contributed by atoms with Crippen molar-refractivity contribution in [2.75, 3.05) is 6.54 Å². The zero-order valence-electron chi connectivity index (χ0n) is 14.9. The van der Waals surface area contributed by atoms with Gasteiger partial charge in [-0.1, -0.05) is 18.2 Å². The van der Waals surface area contributed by atoms with E-state index in [9.17, 15) is 4.79 Å². The van der Waals surface area contributed by atoms with Crippen LogP contribution in [0.3, 0.4) is 0 Å². The Bertz CT molecular complexity index is 875. The minimum Gasteiger partial charge on any atom is -0.485 e. The highest BCUT2D eigenvalue weighted by atomic mass is 32.1. The van der Waals surface area contributed by atoms with Gasteiger partial charge in [0.15, 0.2) is 0 Å². The Hall–Kier alpha value is -2.73. The van der Waals surface area contributed by atoms with Crippen LogP contribution >= 0.6 is 11.3 Å². The minimum atomic E-state index is -0.0474. The summed E-state index contributed by atoms with van der Waals surface area (Å²) in [6.45, 7) is 4.85. The molecule has 2 aromatic heterocycles. The fourth-order valence-corrected chi connectivity index (χ4v) is 3.18. The van der Waals surface area contributed by atoms with E-state index in [2.05, 4.69) is 15.3 Å². The van der Waals surface area contributed by atoms with Crippen LogP contribution < -0.4 is 10.1 Å². The van der Waals surface area contributed by atoms with Gasteiger partial charge in [0.25, 0.3) is 5.91 Å². The number of ether oxygens (including phenoxy) is 1. The summed E-state index contributed by atoms with van der Waals surface area (Å²) in [5, 5.41) is 5.86. The lowest BCUT2D eigenvalue weighted by Crippen LogP contribution is -2.26. The Morgan fingerprint density at radius 3 is 2.81 bits per heavy atom. The molecule has 2 heterocycles. The average Bonchev–Trinajstić information content (AvgIpc) is 3.09. The molecule has 3 aromatic rings. The fourth-order valence-electron chi connectivity index (χ4n) is 2.44. The van der Waals surface area contributed by atoms with Crippen molar-refractivity contribution < 1.29 is 9.53 Å². The molecule has 5 nitrogen and oxygen atoms in total. The molecule has 3 rings (SSSR count). The van der Waals surface area contributed by atoms with E-state index >= 15 is 0 Å². The topological polar surface area (TPSA) is 64.1 Å². The number of hydrogen-bond donors (Lipinski definition) is 1. The van der Waals surface area contributed by atoms with Crippen molar-refractivity contribution in [1.82, 2.24) is 15.3 Å². The van der Waals surface area contributed by atoms with Crippen LogP contribution in [-0.2, 0) is 13.0 Å². The Labute approximate surface area is 157 Å². The van der Waals surface area contributed by atoms with Crippen molar-refractivity contribution in [2.45, 2.75) is 26.9 Å². The molecule has 0 aliphatic rings. The summed E-state index contributed by atoms with van der Waals surface area (Å²) in [6, 6.07) is 11.4. The Morgan fingerprint density at radius 1 is 1.19 bits per heavy atom. The lowest BCUT2D eigenvalue weighted by Gasteiger charge is -2.06. The molecule has 1 N–H and O–H groups in total. The predicted molar refractivity (Wildman–Crippen MR) is 103 cm³/mol. The molecule has 0 saturated heterocycles. The number of amides is 1. The number of rotatable bonds is 7. The van der Waals surface area contributed by atoms with Gasteiger partial charge in [-0.15, -0.1) is 11.3 Å². The van der Waals surface area contributed by atoms with Gasteiger partial charge in [0.05, 0.1) is 11.9 Å². The number of carbonyl (C=O) groups is 1. The number of nitrogens with zero attached hydrogens (tertiary/aromatic N) is 2. The van der Waals surface area contributed by atoms with Gasteiger partial charge in [-0.25, -0.2) is 4.98 Å². The van der Waals surface area contributed by atoms with Crippen LogP contribution in [0.15, 0.2) is 48.0 Å². The molecule has 0 aliphatic heterocycles. The van der Waals surface area contributed by atoms with Gasteiger partial charge in [0.2, 0.25) is 0 Å². The molecule has 0 radical (unpaired) electrons. The van der Waals surface area contributed by atoms with E-state index in [0.29, 0.717) is 25.1 Å². The molecule has 0 saturated carbocycles. The molecule has 0 atom stereocenters. The zero-order chi connectivity index (χ0) is 18.4. The van der Waals surface area contributed by atoms with Crippen LogP contribution in [0.1, 0.15) is 32.3 Å². The van der Waals surface area contributed by atoms with E-state index in [1.54, 1.807) is 17.5 Å². The SMILES string of the molecule is Cc1ccc(OCc2nc(CCNC(=O)c3ccccc3C)cs2)cn1. The highest BCUT2D eigenvalue weighted by Gasteiger charge is 2.08. The maximum Gasteiger partial charge on any atom is 0.251 e. The van der Waals surface area contributed by atoms with Crippen LogP contribution in [-0.4, -0.2) is 22.4 Å². The Balaban J connectivity index is 1.45. The van der Waals surface area contributed by atoms with E-state index in [1.807, 2.05) is 55.6 Å². The van der Waals surface area contributed by atoms with Gasteiger partial charge in [0, 0.05) is 29.6 Å².